The fourth-order valence-electron chi connectivity index (χ4n) is 3.03. The summed E-state index contributed by atoms with van der Waals surface area (Å²) in [5.74, 6) is 0.508. The Labute approximate surface area is 129 Å². The first-order valence-corrected chi connectivity index (χ1v) is 8.08. The summed E-state index contributed by atoms with van der Waals surface area (Å²) in [7, 11) is 0. The van der Waals surface area contributed by atoms with Crippen molar-refractivity contribution in [2.75, 3.05) is 0 Å². The lowest BCUT2D eigenvalue weighted by atomic mass is 9.82. The molecule has 0 aliphatic carbocycles. The van der Waals surface area contributed by atoms with E-state index in [1.54, 1.807) is 0 Å². The van der Waals surface area contributed by atoms with E-state index in [1.165, 1.54) is 23.1 Å². The minimum atomic E-state index is 0.206. The number of rotatable bonds is 4. The van der Waals surface area contributed by atoms with E-state index in [0.717, 1.165) is 12.8 Å². The molecule has 1 aromatic carbocycles. The topological polar surface area (TPSA) is 9.23 Å². The number of ether oxygens (including phenoxy) is 1. The van der Waals surface area contributed by atoms with Gasteiger partial charge in [0.2, 0.25) is 0 Å². The zero-order chi connectivity index (χ0) is 15.2. The van der Waals surface area contributed by atoms with Crippen molar-refractivity contribution in [1.82, 2.24) is 0 Å². The van der Waals surface area contributed by atoms with Crippen LogP contribution in [0.15, 0.2) is 53.6 Å². The number of hydrogen-bond donors (Lipinski definition) is 0. The molecule has 0 saturated carbocycles. The van der Waals surface area contributed by atoms with E-state index in [0.29, 0.717) is 12.0 Å². The van der Waals surface area contributed by atoms with E-state index in [2.05, 4.69) is 70.2 Å². The molecule has 1 aliphatic rings. The van der Waals surface area contributed by atoms with Crippen molar-refractivity contribution in [1.29, 1.82) is 0 Å². The molecule has 1 heterocycles. The Balaban J connectivity index is 2.17. The summed E-state index contributed by atoms with van der Waals surface area (Å²) < 4.78 is 6.28. The first-order chi connectivity index (χ1) is 10.1. The molecule has 1 aliphatic heterocycles. The van der Waals surface area contributed by atoms with Gasteiger partial charge in [0.05, 0.1) is 12.2 Å². The molecule has 0 bridgehead atoms. The molecule has 2 rings (SSSR count). The van der Waals surface area contributed by atoms with Gasteiger partial charge in [-0.2, -0.15) is 0 Å². The highest BCUT2D eigenvalue weighted by atomic mass is 16.5. The second kappa shape index (κ2) is 7.61. The van der Waals surface area contributed by atoms with Gasteiger partial charge >= 0.3 is 0 Å². The lowest BCUT2D eigenvalue weighted by Gasteiger charge is -2.36. The van der Waals surface area contributed by atoms with Gasteiger partial charge in [-0.1, -0.05) is 53.6 Å². The quantitative estimate of drug-likeness (QED) is 0.631. The first-order valence-electron chi connectivity index (χ1n) is 8.08. The Hall–Kier alpha value is -1.34. The van der Waals surface area contributed by atoms with Gasteiger partial charge in [-0.05, 0) is 52.5 Å². The summed E-state index contributed by atoms with van der Waals surface area (Å²) in [6.07, 6.45) is 8.62. The highest BCUT2D eigenvalue weighted by molar-refractivity contribution is 5.23. The van der Waals surface area contributed by atoms with E-state index in [-0.39, 0.29) is 6.10 Å². The second-order valence-corrected chi connectivity index (χ2v) is 6.43. The third-order valence-electron chi connectivity index (χ3n) is 4.31. The van der Waals surface area contributed by atoms with Crippen molar-refractivity contribution in [2.45, 2.75) is 59.2 Å². The standard InChI is InChI=1S/C20H28O/c1-15(2)9-8-10-16(3)19-14-13-17(4)21-20(19)18-11-6-5-7-12-18/h5-7,9-12,17,19-20H,8,13-14H2,1-4H3. The van der Waals surface area contributed by atoms with Gasteiger partial charge in [0.25, 0.3) is 0 Å². The van der Waals surface area contributed by atoms with Crippen molar-refractivity contribution in [3.63, 3.8) is 0 Å². The predicted octanol–water partition coefficient (Wildman–Crippen LogP) is 5.85. The maximum absolute atomic E-state index is 6.28. The van der Waals surface area contributed by atoms with E-state index >= 15 is 0 Å². The van der Waals surface area contributed by atoms with Gasteiger partial charge in [-0.25, -0.2) is 0 Å². The van der Waals surface area contributed by atoms with Crippen molar-refractivity contribution in [3.05, 3.63) is 59.2 Å². The van der Waals surface area contributed by atoms with Crippen LogP contribution in [-0.2, 0) is 4.74 Å². The molecule has 3 atom stereocenters. The molecule has 1 saturated heterocycles. The van der Waals surface area contributed by atoms with Gasteiger partial charge in [0, 0.05) is 5.92 Å². The maximum atomic E-state index is 6.28. The van der Waals surface area contributed by atoms with Crippen LogP contribution in [0.4, 0.5) is 0 Å². The van der Waals surface area contributed by atoms with Gasteiger partial charge in [-0.15, -0.1) is 0 Å². The van der Waals surface area contributed by atoms with Crippen LogP contribution >= 0.6 is 0 Å². The van der Waals surface area contributed by atoms with Gasteiger partial charge in [0.1, 0.15) is 0 Å². The van der Waals surface area contributed by atoms with Crippen LogP contribution in [0.3, 0.4) is 0 Å². The van der Waals surface area contributed by atoms with Crippen molar-refractivity contribution >= 4 is 0 Å². The minimum Gasteiger partial charge on any atom is -0.370 e. The molecule has 0 aromatic heterocycles. The Morgan fingerprint density at radius 1 is 1.10 bits per heavy atom. The molecule has 1 fully saturated rings. The second-order valence-electron chi connectivity index (χ2n) is 6.43. The summed E-state index contributed by atoms with van der Waals surface area (Å²) in [6.45, 7) is 8.76. The Morgan fingerprint density at radius 2 is 1.81 bits per heavy atom. The largest absolute Gasteiger partial charge is 0.370 e. The molecule has 0 N–H and O–H groups in total. The van der Waals surface area contributed by atoms with Crippen LogP contribution in [0.5, 0.6) is 0 Å². The Bertz CT molecular complexity index is 494. The van der Waals surface area contributed by atoms with E-state index in [9.17, 15) is 0 Å². The molecule has 0 amide bonds. The van der Waals surface area contributed by atoms with Crippen molar-refractivity contribution in [3.8, 4) is 0 Å². The third-order valence-corrected chi connectivity index (χ3v) is 4.31. The van der Waals surface area contributed by atoms with Gasteiger partial charge in [-0.3, -0.25) is 0 Å². The summed E-state index contributed by atoms with van der Waals surface area (Å²) >= 11 is 0. The average Bonchev–Trinajstić information content (AvgIpc) is 2.47. The van der Waals surface area contributed by atoms with Crippen LogP contribution < -0.4 is 0 Å². The molecular formula is C20H28O. The molecule has 3 unspecified atom stereocenters. The summed E-state index contributed by atoms with van der Waals surface area (Å²) in [4.78, 5) is 0. The van der Waals surface area contributed by atoms with Crippen LogP contribution in [0.2, 0.25) is 0 Å². The van der Waals surface area contributed by atoms with Crippen LogP contribution in [0.1, 0.15) is 58.6 Å². The van der Waals surface area contributed by atoms with Gasteiger partial charge < -0.3 is 4.74 Å². The molecule has 1 aromatic rings. The summed E-state index contributed by atoms with van der Waals surface area (Å²) in [5.41, 5.74) is 4.16. The molecule has 21 heavy (non-hydrogen) atoms. The molecule has 0 spiro atoms. The van der Waals surface area contributed by atoms with Crippen molar-refractivity contribution < 1.29 is 4.74 Å². The molecule has 1 nitrogen and oxygen atoms in total. The number of hydrogen-bond acceptors (Lipinski definition) is 1. The van der Waals surface area contributed by atoms with Gasteiger partial charge in [0.15, 0.2) is 0 Å². The van der Waals surface area contributed by atoms with E-state index in [4.69, 9.17) is 4.74 Å². The lowest BCUT2D eigenvalue weighted by molar-refractivity contribution is -0.0673. The van der Waals surface area contributed by atoms with Crippen molar-refractivity contribution in [2.24, 2.45) is 5.92 Å². The maximum Gasteiger partial charge on any atom is 0.0893 e. The van der Waals surface area contributed by atoms with E-state index < -0.39 is 0 Å². The van der Waals surface area contributed by atoms with Crippen LogP contribution in [0.25, 0.3) is 0 Å². The Morgan fingerprint density at radius 3 is 2.48 bits per heavy atom. The zero-order valence-electron chi connectivity index (χ0n) is 13.8. The smallest absolute Gasteiger partial charge is 0.0893 e. The van der Waals surface area contributed by atoms with E-state index in [1.807, 2.05) is 0 Å². The Kier molecular flexibility index (Phi) is 5.81. The highest BCUT2D eigenvalue weighted by Crippen LogP contribution is 2.40. The normalized spacial score (nSPS) is 26.5. The van der Waals surface area contributed by atoms with Crippen LogP contribution in [0, 0.1) is 5.92 Å². The lowest BCUT2D eigenvalue weighted by Crippen LogP contribution is -2.28. The highest BCUT2D eigenvalue weighted by Gasteiger charge is 2.31. The average molecular weight is 284 g/mol. The summed E-state index contributed by atoms with van der Waals surface area (Å²) in [6, 6.07) is 10.7. The molecule has 114 valence electrons. The minimum absolute atomic E-state index is 0.206. The number of allylic oxidation sites excluding steroid dienone is 3. The summed E-state index contributed by atoms with van der Waals surface area (Å²) in [5, 5.41) is 0. The number of benzene rings is 1. The third kappa shape index (κ3) is 4.57. The molecular weight excluding hydrogens is 256 g/mol. The monoisotopic (exact) mass is 284 g/mol. The zero-order valence-corrected chi connectivity index (χ0v) is 13.8. The first kappa shape index (κ1) is 16.0. The SMILES string of the molecule is CC(C)=CCC=C(C)C1CCC(C)OC1c1ccccc1. The predicted molar refractivity (Wildman–Crippen MR) is 90.3 cm³/mol. The fraction of sp³-hybridized carbons (Fsp3) is 0.500. The molecule has 0 radical (unpaired) electrons. The van der Waals surface area contributed by atoms with Crippen LogP contribution in [-0.4, -0.2) is 6.10 Å². The molecule has 1 heteroatoms. The fourth-order valence-corrected chi connectivity index (χ4v) is 3.03.